The van der Waals surface area contributed by atoms with E-state index >= 15 is 0 Å². The largest absolute Gasteiger partial charge is 1.00 e. The van der Waals surface area contributed by atoms with Crippen LogP contribution in [-0.4, -0.2) is 96.0 Å². The molecule has 53 heavy (non-hydrogen) atoms. The number of carbonyl (C=O) groups is 2. The molecule has 1 aliphatic heterocycles. The van der Waals surface area contributed by atoms with E-state index in [1.54, 1.807) is 0 Å². The minimum Gasteiger partial charge on any atom is -0.748 e. The zero-order valence-electron chi connectivity index (χ0n) is 33.4. The summed E-state index contributed by atoms with van der Waals surface area (Å²) in [4.78, 5) is 25.2. The second-order valence-corrected chi connectivity index (χ2v) is 16.1. The van der Waals surface area contributed by atoms with Gasteiger partial charge in [0, 0.05) is 12.8 Å². The molecular weight excluding hydrogens is 715 g/mol. The molecule has 0 bridgehead atoms. The van der Waals surface area contributed by atoms with Gasteiger partial charge in [-0.2, -0.15) is 0 Å². The normalized spacial score (nSPS) is 20.8. The van der Waals surface area contributed by atoms with Crippen molar-refractivity contribution in [1.82, 2.24) is 0 Å². The van der Waals surface area contributed by atoms with E-state index in [1.165, 1.54) is 103 Å². The summed E-state index contributed by atoms with van der Waals surface area (Å²) in [6.45, 7) is 3.71. The number of carbonyl (C=O) groups excluding carboxylic acids is 2. The molecule has 12 nitrogen and oxygen atoms in total. The molecule has 0 aromatic rings. The Kier molecular flexibility index (Phi) is 33.5. The van der Waals surface area contributed by atoms with Crippen LogP contribution in [0.25, 0.3) is 0 Å². The molecule has 0 aliphatic carbocycles. The van der Waals surface area contributed by atoms with Crippen LogP contribution in [0.15, 0.2) is 0 Å². The molecule has 0 spiro atoms. The van der Waals surface area contributed by atoms with Crippen LogP contribution in [0.3, 0.4) is 0 Å². The third-order valence-electron chi connectivity index (χ3n) is 9.68. The molecule has 1 rings (SSSR count). The number of esters is 2. The number of unbranched alkanes of at least 4 members (excludes halogenated alkanes) is 22. The Morgan fingerprint density at radius 1 is 0.604 bits per heavy atom. The minimum atomic E-state index is -4.84. The Morgan fingerprint density at radius 3 is 1.42 bits per heavy atom. The van der Waals surface area contributed by atoms with Gasteiger partial charge in [0.2, 0.25) is 0 Å². The average molecular weight is 789 g/mol. The van der Waals surface area contributed by atoms with Crippen molar-refractivity contribution >= 4 is 22.1 Å². The molecule has 1 aliphatic rings. The first-order valence-electron chi connectivity index (χ1n) is 20.6. The first-order valence-corrected chi connectivity index (χ1v) is 22.2. The number of aliphatic hydroxyl groups excluding tert-OH is 3. The van der Waals surface area contributed by atoms with Crippen molar-refractivity contribution in [3.63, 3.8) is 0 Å². The molecule has 0 aromatic heterocycles. The molecule has 308 valence electrons. The van der Waals surface area contributed by atoms with E-state index in [2.05, 4.69) is 13.8 Å². The van der Waals surface area contributed by atoms with Crippen molar-refractivity contribution < 1.29 is 86.4 Å². The Labute approximate surface area is 343 Å². The topological polar surface area (TPSA) is 189 Å². The summed E-state index contributed by atoms with van der Waals surface area (Å²) in [5.41, 5.74) is 0. The van der Waals surface area contributed by atoms with Gasteiger partial charge >= 0.3 is 41.5 Å². The van der Waals surface area contributed by atoms with Gasteiger partial charge in [0.25, 0.3) is 0 Å². The van der Waals surface area contributed by atoms with Crippen LogP contribution in [0, 0.1) is 0 Å². The number of ether oxygens (including phenoxy) is 4. The van der Waals surface area contributed by atoms with Gasteiger partial charge in [-0.3, -0.25) is 9.59 Å². The molecule has 14 heteroatoms. The number of hydrogen-bond acceptors (Lipinski definition) is 12. The average Bonchev–Trinajstić information content (AvgIpc) is 3.10. The molecule has 0 amide bonds. The zero-order chi connectivity index (χ0) is 38.5. The van der Waals surface area contributed by atoms with Crippen LogP contribution in [0.4, 0.5) is 0 Å². The van der Waals surface area contributed by atoms with Crippen LogP contribution in [-0.2, 0) is 38.7 Å². The smallest absolute Gasteiger partial charge is 0.748 e. The van der Waals surface area contributed by atoms with E-state index in [-0.39, 0.29) is 49.0 Å². The summed E-state index contributed by atoms with van der Waals surface area (Å²) in [6, 6.07) is 0. The molecule has 6 atom stereocenters. The Balaban J connectivity index is 0.0000270. The summed E-state index contributed by atoms with van der Waals surface area (Å²) in [7, 11) is -4.84. The fraction of sp³-hybridized carbons (Fsp3) is 0.949. The van der Waals surface area contributed by atoms with E-state index in [4.69, 9.17) is 18.9 Å². The molecular formula is C39H73NaO12S. The molecule has 1 fully saturated rings. The summed E-state index contributed by atoms with van der Waals surface area (Å²) in [5, 5.41) is 30.7. The van der Waals surface area contributed by atoms with Crippen molar-refractivity contribution in [2.75, 3.05) is 19.0 Å². The van der Waals surface area contributed by atoms with Gasteiger partial charge in [0.15, 0.2) is 12.4 Å². The van der Waals surface area contributed by atoms with Crippen LogP contribution < -0.4 is 29.6 Å². The number of aliphatic hydroxyl groups is 3. The monoisotopic (exact) mass is 788 g/mol. The van der Waals surface area contributed by atoms with E-state index in [9.17, 15) is 37.9 Å². The van der Waals surface area contributed by atoms with Crippen LogP contribution in [0.5, 0.6) is 0 Å². The molecule has 0 radical (unpaired) electrons. The second kappa shape index (κ2) is 33.8. The SMILES string of the molecule is CCCCCCCCCCCCCCCC(=O)O[C@H](COC(=O)CCCCCCCCCCCCC)CO[C@H]1O[C@H](CS(=O)(=O)[O-])[C@@H](O)[C@H](O)[C@H]1O.[Na+]. The summed E-state index contributed by atoms with van der Waals surface area (Å²) >= 11 is 0. The number of hydrogen-bond donors (Lipinski definition) is 3. The fourth-order valence-electron chi connectivity index (χ4n) is 6.43. The zero-order valence-corrected chi connectivity index (χ0v) is 36.2. The summed E-state index contributed by atoms with van der Waals surface area (Å²) < 4.78 is 55.6. The van der Waals surface area contributed by atoms with Crippen molar-refractivity contribution in [1.29, 1.82) is 0 Å². The van der Waals surface area contributed by atoms with Crippen molar-refractivity contribution in [3.05, 3.63) is 0 Å². The Bertz CT molecular complexity index is 1000. The molecule has 0 unspecified atom stereocenters. The van der Waals surface area contributed by atoms with Gasteiger partial charge in [-0.05, 0) is 12.8 Å². The predicted octanol–water partition coefficient (Wildman–Crippen LogP) is 4.00. The van der Waals surface area contributed by atoms with E-state index in [0.29, 0.717) is 12.8 Å². The third kappa shape index (κ3) is 28.7. The quantitative estimate of drug-likeness (QED) is 0.0369. The van der Waals surface area contributed by atoms with E-state index in [1.807, 2.05) is 0 Å². The molecule has 3 N–H and O–H groups in total. The van der Waals surface area contributed by atoms with E-state index in [0.717, 1.165) is 38.5 Å². The Morgan fingerprint density at radius 2 is 1.00 bits per heavy atom. The van der Waals surface area contributed by atoms with Crippen molar-refractivity contribution in [2.45, 2.75) is 218 Å². The Hall–Kier alpha value is -0.350. The van der Waals surface area contributed by atoms with E-state index < -0.39 is 71.2 Å². The van der Waals surface area contributed by atoms with Gasteiger partial charge in [-0.1, -0.05) is 155 Å². The van der Waals surface area contributed by atoms with Crippen LogP contribution in [0.2, 0.25) is 0 Å². The maximum absolute atomic E-state index is 12.7. The maximum Gasteiger partial charge on any atom is 1.00 e. The van der Waals surface area contributed by atoms with Gasteiger partial charge in [-0.25, -0.2) is 8.42 Å². The number of rotatable bonds is 34. The third-order valence-corrected chi connectivity index (χ3v) is 10.4. The first-order chi connectivity index (χ1) is 25.0. The van der Waals surface area contributed by atoms with Gasteiger partial charge in [0.05, 0.1) is 22.5 Å². The van der Waals surface area contributed by atoms with Gasteiger partial charge in [0.1, 0.15) is 31.0 Å². The fourth-order valence-corrected chi connectivity index (χ4v) is 7.11. The van der Waals surface area contributed by atoms with Crippen molar-refractivity contribution in [2.24, 2.45) is 0 Å². The van der Waals surface area contributed by atoms with Crippen LogP contribution >= 0.6 is 0 Å². The molecule has 1 saturated heterocycles. The maximum atomic E-state index is 12.7. The van der Waals surface area contributed by atoms with Gasteiger partial charge in [-0.15, -0.1) is 0 Å². The molecule has 1 heterocycles. The van der Waals surface area contributed by atoms with Crippen LogP contribution in [0.1, 0.15) is 181 Å². The first kappa shape index (κ1) is 52.6. The predicted molar refractivity (Wildman–Crippen MR) is 199 cm³/mol. The molecule has 0 saturated carbocycles. The standard InChI is InChI=1S/C39H74O12S.Na/c1-3-5-7-9-11-13-15-16-18-20-22-24-26-28-35(41)50-32(29-48-34(40)27-25-23-21-19-17-14-12-10-8-6-4-2)30-49-39-38(44)37(43)36(42)33(51-39)31-52(45,46)47;/h32-33,36-39,42-44H,3-31H2,1-2H3,(H,45,46,47);/q;+1/p-1/t32-,33-,36-,37+,38-,39+;/m1./s1. The molecule has 0 aromatic carbocycles. The van der Waals surface area contributed by atoms with Crippen molar-refractivity contribution in [3.8, 4) is 0 Å². The summed E-state index contributed by atoms with van der Waals surface area (Å²) in [6.07, 6.45) is 18.4. The van der Waals surface area contributed by atoms with Gasteiger partial charge < -0.3 is 38.8 Å². The summed E-state index contributed by atoms with van der Waals surface area (Å²) in [5.74, 6) is -2.10. The second-order valence-electron chi connectivity index (χ2n) is 14.6. The minimum absolute atomic E-state index is 0.